The number of hydrogen-bond donors (Lipinski definition) is 1. The number of amides is 2. The summed E-state index contributed by atoms with van der Waals surface area (Å²) >= 11 is 4.40. The molecule has 1 aliphatic carbocycles. The van der Waals surface area contributed by atoms with Crippen molar-refractivity contribution in [2.24, 2.45) is 5.92 Å². The first-order valence-corrected chi connectivity index (χ1v) is 14.4. The molecule has 17 heteroatoms. The van der Waals surface area contributed by atoms with Gasteiger partial charge in [0.1, 0.15) is 0 Å². The number of hydrogen-bond acceptors (Lipinski definition) is 2. The van der Waals surface area contributed by atoms with Crippen LogP contribution >= 0.6 is 38.5 Å². The minimum Gasteiger partial charge on any atom is -0.320 e. The zero-order chi connectivity index (χ0) is 33.7. The minimum atomic E-state index is -6.72. The van der Waals surface area contributed by atoms with Gasteiger partial charge in [0.05, 0.1) is 22.5 Å². The van der Waals surface area contributed by atoms with Gasteiger partial charge in [0.2, 0.25) is 0 Å². The van der Waals surface area contributed by atoms with Crippen LogP contribution in [0.4, 0.5) is 59.7 Å². The van der Waals surface area contributed by atoms with Gasteiger partial charge in [-0.3, -0.25) is 9.59 Å². The Balaban J connectivity index is 1.76. The van der Waals surface area contributed by atoms with Crippen molar-refractivity contribution in [3.05, 3.63) is 90.7 Å². The summed E-state index contributed by atoms with van der Waals surface area (Å²) in [4.78, 5) is 27.5. The molecule has 0 aromatic heterocycles. The summed E-state index contributed by atoms with van der Waals surface area (Å²) in [6.45, 7) is 0.0431. The lowest BCUT2D eigenvalue weighted by molar-refractivity contribution is -0.348. The molecule has 0 radical (unpaired) electrons. The second kappa shape index (κ2) is 12.3. The largest absolute Gasteiger partial charge is 0.435 e. The molecule has 3 aromatic carbocycles. The van der Waals surface area contributed by atoms with Gasteiger partial charge in [0, 0.05) is 25.7 Å². The summed E-state index contributed by atoms with van der Waals surface area (Å²) in [5.74, 6) is -3.57. The maximum absolute atomic E-state index is 15.8. The van der Waals surface area contributed by atoms with Crippen LogP contribution in [-0.4, -0.2) is 30.7 Å². The van der Waals surface area contributed by atoms with E-state index in [-0.39, 0.29) is 24.1 Å². The lowest BCUT2D eigenvalue weighted by Gasteiger charge is -2.31. The number of benzene rings is 3. The molecule has 45 heavy (non-hydrogen) atoms. The molecule has 0 aliphatic heterocycles. The van der Waals surface area contributed by atoms with E-state index in [1.54, 1.807) is 17.4 Å². The average Bonchev–Trinajstić information content (AvgIpc) is 3.75. The molecule has 0 saturated heterocycles. The molecule has 1 N–H and O–H groups in total. The molecule has 242 valence electrons. The lowest BCUT2D eigenvalue weighted by Crippen LogP contribution is -2.50. The summed E-state index contributed by atoms with van der Waals surface area (Å²) in [6.07, 6.45) is -17.7. The van der Waals surface area contributed by atoms with Gasteiger partial charge in [0.25, 0.3) is 11.8 Å². The highest BCUT2D eigenvalue weighted by Crippen LogP contribution is 2.55. The molecule has 1 fully saturated rings. The molecule has 1 saturated carbocycles. The molecular formula is C28H17BrF11IN2O2. The van der Waals surface area contributed by atoms with Gasteiger partial charge in [-0.2, -0.15) is 39.5 Å². The van der Waals surface area contributed by atoms with Crippen LogP contribution in [-0.2, 0) is 11.8 Å². The van der Waals surface area contributed by atoms with E-state index in [4.69, 9.17) is 0 Å². The lowest BCUT2D eigenvalue weighted by atomic mass is 9.92. The second-order valence-electron chi connectivity index (χ2n) is 9.99. The molecule has 1 aliphatic rings. The SMILES string of the molecule is O=C(Nc1c(Br)cc(C(F)(C(F)(F)F)C(F)(F)F)cc1C(F)(F)F)c1cccc(N(CC2CC2)C(=O)c2ccc(I)cc2)c1F. The highest BCUT2D eigenvalue weighted by molar-refractivity contribution is 14.1. The normalized spacial score (nSPS) is 14.3. The number of carbonyl (C=O) groups excluding carboxylic acids is 2. The third kappa shape index (κ3) is 7.07. The smallest absolute Gasteiger partial charge is 0.320 e. The maximum atomic E-state index is 15.8. The van der Waals surface area contributed by atoms with Crippen LogP contribution in [0.1, 0.15) is 44.7 Å². The Hall–Kier alpha value is -2.96. The van der Waals surface area contributed by atoms with Crippen molar-refractivity contribution >= 4 is 61.7 Å². The minimum absolute atomic E-state index is 0.00881. The van der Waals surface area contributed by atoms with Gasteiger partial charge in [0.15, 0.2) is 5.82 Å². The van der Waals surface area contributed by atoms with Gasteiger partial charge < -0.3 is 10.2 Å². The zero-order valence-corrected chi connectivity index (χ0v) is 25.8. The summed E-state index contributed by atoms with van der Waals surface area (Å²) in [5.41, 5.74) is -13.5. The molecule has 0 heterocycles. The Bertz CT molecular complexity index is 1600. The van der Waals surface area contributed by atoms with Crippen LogP contribution in [0.25, 0.3) is 0 Å². The summed E-state index contributed by atoms with van der Waals surface area (Å²) in [6, 6.07) is 8.41. The van der Waals surface area contributed by atoms with Crippen LogP contribution in [0.15, 0.2) is 59.1 Å². The van der Waals surface area contributed by atoms with E-state index in [1.165, 1.54) is 12.1 Å². The molecule has 4 rings (SSSR count). The van der Waals surface area contributed by atoms with Crippen molar-refractivity contribution in [1.82, 2.24) is 0 Å². The van der Waals surface area contributed by atoms with Crippen molar-refractivity contribution in [3.63, 3.8) is 0 Å². The average molecular weight is 829 g/mol. The number of anilines is 2. The first kappa shape index (κ1) is 34.9. The number of nitrogens with one attached hydrogen (secondary N) is 1. The Labute approximate surface area is 269 Å². The monoisotopic (exact) mass is 828 g/mol. The number of nitrogens with zero attached hydrogens (tertiary/aromatic N) is 1. The van der Waals surface area contributed by atoms with Gasteiger partial charge in [-0.05, 0) is 106 Å². The van der Waals surface area contributed by atoms with E-state index in [1.807, 2.05) is 22.6 Å². The van der Waals surface area contributed by atoms with Crippen LogP contribution in [0.2, 0.25) is 0 Å². The van der Waals surface area contributed by atoms with E-state index in [0.717, 1.165) is 39.5 Å². The van der Waals surface area contributed by atoms with E-state index in [9.17, 15) is 53.5 Å². The fourth-order valence-electron chi connectivity index (χ4n) is 4.33. The van der Waals surface area contributed by atoms with Crippen LogP contribution in [0.3, 0.4) is 0 Å². The van der Waals surface area contributed by atoms with Crippen LogP contribution < -0.4 is 10.2 Å². The number of alkyl halides is 10. The first-order chi connectivity index (χ1) is 20.7. The van der Waals surface area contributed by atoms with Crippen molar-refractivity contribution in [2.75, 3.05) is 16.8 Å². The summed E-state index contributed by atoms with van der Waals surface area (Å²) in [7, 11) is 0. The molecule has 3 aromatic rings. The third-order valence-electron chi connectivity index (χ3n) is 6.80. The maximum Gasteiger partial charge on any atom is 0.435 e. The zero-order valence-electron chi connectivity index (χ0n) is 22.1. The van der Waals surface area contributed by atoms with Crippen LogP contribution in [0, 0.1) is 15.3 Å². The van der Waals surface area contributed by atoms with Crippen molar-refractivity contribution in [2.45, 2.75) is 37.0 Å². The van der Waals surface area contributed by atoms with E-state index in [0.29, 0.717) is 0 Å². The molecule has 4 nitrogen and oxygen atoms in total. The summed E-state index contributed by atoms with van der Waals surface area (Å²) in [5, 5.41) is 1.65. The fourth-order valence-corrected chi connectivity index (χ4v) is 5.25. The molecule has 0 bridgehead atoms. The highest BCUT2D eigenvalue weighted by atomic mass is 127. The second-order valence-corrected chi connectivity index (χ2v) is 12.1. The highest BCUT2D eigenvalue weighted by Gasteiger charge is 2.73. The predicted octanol–water partition coefficient (Wildman–Crippen LogP) is 9.81. The molecule has 0 spiro atoms. The van der Waals surface area contributed by atoms with Crippen LogP contribution in [0.5, 0.6) is 0 Å². The molecular weight excluding hydrogens is 812 g/mol. The predicted molar refractivity (Wildman–Crippen MR) is 152 cm³/mol. The Morgan fingerprint density at radius 3 is 1.98 bits per heavy atom. The van der Waals surface area contributed by atoms with E-state index in [2.05, 4.69) is 15.9 Å². The number of rotatable bonds is 7. The van der Waals surface area contributed by atoms with Gasteiger partial charge in [-0.1, -0.05) is 6.07 Å². The van der Waals surface area contributed by atoms with Crippen molar-refractivity contribution in [3.8, 4) is 0 Å². The Morgan fingerprint density at radius 2 is 1.47 bits per heavy atom. The van der Waals surface area contributed by atoms with Gasteiger partial charge >= 0.3 is 24.2 Å². The standard InChI is InChI=1S/C28H17BrF11IN2O2/c29-19-11-15(25(31,27(35,36)37)28(38,39)40)10-18(26(32,33)34)22(19)42-23(44)17-2-1-3-20(21(17)30)43(12-13-4-5-13)24(45)14-6-8-16(41)9-7-14/h1-3,6-11,13H,4-5,12H2,(H,42,44). The summed E-state index contributed by atoms with van der Waals surface area (Å²) < 4.78 is 151. The Kier molecular flexibility index (Phi) is 9.57. The van der Waals surface area contributed by atoms with Gasteiger partial charge in [-0.15, -0.1) is 0 Å². The quantitative estimate of drug-likeness (QED) is 0.191. The van der Waals surface area contributed by atoms with E-state index < -0.39 is 80.4 Å². The third-order valence-corrected chi connectivity index (χ3v) is 8.15. The van der Waals surface area contributed by atoms with E-state index >= 15 is 4.39 Å². The van der Waals surface area contributed by atoms with Crippen molar-refractivity contribution < 1.29 is 57.9 Å². The van der Waals surface area contributed by atoms with Crippen molar-refractivity contribution in [1.29, 1.82) is 0 Å². The number of halogens is 13. The molecule has 0 unspecified atom stereocenters. The molecule has 2 amide bonds. The first-order valence-electron chi connectivity index (χ1n) is 12.6. The fraction of sp³-hybridized carbons (Fsp3) is 0.286. The number of carbonyl (C=O) groups is 2. The topological polar surface area (TPSA) is 49.4 Å². The van der Waals surface area contributed by atoms with Gasteiger partial charge in [-0.25, -0.2) is 8.78 Å². The Morgan fingerprint density at radius 1 is 0.889 bits per heavy atom. The molecule has 0 atom stereocenters.